The number of nitrogens with two attached hydrogens (primary N) is 1. The molecule has 1 aliphatic carbocycles. The van der Waals surface area contributed by atoms with E-state index in [0.717, 1.165) is 38.0 Å². The summed E-state index contributed by atoms with van der Waals surface area (Å²) < 4.78 is 7.64. The molecule has 0 radical (unpaired) electrons. The maximum Gasteiger partial charge on any atom is 0.341 e. The summed E-state index contributed by atoms with van der Waals surface area (Å²) in [5, 5.41) is 22.1. The lowest BCUT2D eigenvalue weighted by atomic mass is 9.97. The number of fused-ring (bicyclic) bond motifs is 1. The van der Waals surface area contributed by atoms with Gasteiger partial charge in [-0.2, -0.15) is 5.26 Å². The number of methoxy groups -OCH3 is 1. The Labute approximate surface area is 180 Å². The molecule has 1 aromatic heterocycles. The van der Waals surface area contributed by atoms with E-state index in [4.69, 9.17) is 15.7 Å². The standard InChI is InChI=1S/C22H27N5O4/c1-25-16(5-7-23)12-6-8-26(10-12)17-9-15(24)18-19(21(17)31-2)27(13-3-4-13)11-14(20(18)28)22(29)30/h9,11-13,16,25H,3-6,8,10,24H2,1-2H3,(H,29,30). The summed E-state index contributed by atoms with van der Waals surface area (Å²) in [5.41, 5.74) is 7.05. The average Bonchev–Trinajstić information content (AvgIpc) is 3.47. The highest BCUT2D eigenvalue weighted by Gasteiger charge is 2.34. The van der Waals surface area contributed by atoms with Gasteiger partial charge in [0.2, 0.25) is 5.43 Å². The molecular weight excluding hydrogens is 398 g/mol. The van der Waals surface area contributed by atoms with Crippen LogP contribution in [0.15, 0.2) is 17.1 Å². The van der Waals surface area contributed by atoms with E-state index in [9.17, 15) is 14.7 Å². The molecule has 2 fully saturated rings. The molecule has 2 aliphatic rings. The summed E-state index contributed by atoms with van der Waals surface area (Å²) in [4.78, 5) is 26.8. The number of ether oxygens (including phenoxy) is 1. The van der Waals surface area contributed by atoms with Gasteiger partial charge in [0.25, 0.3) is 0 Å². The number of carboxylic acid groups (broad SMARTS) is 1. The number of benzene rings is 1. The lowest BCUT2D eigenvalue weighted by Crippen LogP contribution is -2.35. The third-order valence-corrected chi connectivity index (χ3v) is 6.45. The van der Waals surface area contributed by atoms with Crippen molar-refractivity contribution in [2.45, 2.75) is 37.8 Å². The maximum atomic E-state index is 13.0. The summed E-state index contributed by atoms with van der Waals surface area (Å²) in [6.45, 7) is 1.51. The molecule has 2 atom stereocenters. The summed E-state index contributed by atoms with van der Waals surface area (Å²) in [5.74, 6) is -0.430. The number of anilines is 2. The molecule has 0 bridgehead atoms. The van der Waals surface area contributed by atoms with E-state index in [0.29, 0.717) is 23.6 Å². The third-order valence-electron chi connectivity index (χ3n) is 6.45. The van der Waals surface area contributed by atoms with Crippen LogP contribution in [0.25, 0.3) is 10.9 Å². The van der Waals surface area contributed by atoms with E-state index in [1.54, 1.807) is 13.2 Å². The smallest absolute Gasteiger partial charge is 0.341 e. The summed E-state index contributed by atoms with van der Waals surface area (Å²) in [7, 11) is 3.43. The second-order valence-corrected chi connectivity index (χ2v) is 8.31. The fraction of sp³-hybridized carbons (Fsp3) is 0.500. The molecule has 0 amide bonds. The molecule has 4 rings (SSSR count). The van der Waals surface area contributed by atoms with Crippen molar-refractivity contribution in [3.63, 3.8) is 0 Å². The van der Waals surface area contributed by atoms with Gasteiger partial charge in [0, 0.05) is 37.1 Å². The Morgan fingerprint density at radius 3 is 2.77 bits per heavy atom. The number of nitriles is 1. The van der Waals surface area contributed by atoms with Crippen LogP contribution < -0.4 is 26.1 Å². The summed E-state index contributed by atoms with van der Waals surface area (Å²) in [6.07, 6.45) is 4.60. The molecule has 9 heteroatoms. The fourth-order valence-electron chi connectivity index (χ4n) is 4.70. The van der Waals surface area contributed by atoms with Crippen LogP contribution in [-0.2, 0) is 0 Å². The van der Waals surface area contributed by atoms with Gasteiger partial charge in [-0.05, 0) is 38.3 Å². The number of carbonyl (C=O) groups is 1. The van der Waals surface area contributed by atoms with Gasteiger partial charge in [0.1, 0.15) is 5.56 Å². The highest BCUT2D eigenvalue weighted by Crippen LogP contribution is 2.45. The first-order valence-electron chi connectivity index (χ1n) is 10.5. The van der Waals surface area contributed by atoms with Gasteiger partial charge in [-0.25, -0.2) is 4.79 Å². The minimum Gasteiger partial charge on any atom is -0.492 e. The molecule has 2 heterocycles. The minimum atomic E-state index is -1.26. The number of aromatic carboxylic acids is 1. The van der Waals surface area contributed by atoms with Gasteiger partial charge >= 0.3 is 5.97 Å². The molecule has 4 N–H and O–H groups in total. The van der Waals surface area contributed by atoms with Crippen LogP contribution in [0.4, 0.5) is 11.4 Å². The van der Waals surface area contributed by atoms with Crippen molar-refractivity contribution in [2.24, 2.45) is 5.92 Å². The van der Waals surface area contributed by atoms with Gasteiger partial charge in [0.15, 0.2) is 5.75 Å². The van der Waals surface area contributed by atoms with Crippen LogP contribution in [0.1, 0.15) is 42.1 Å². The van der Waals surface area contributed by atoms with E-state index in [1.807, 2.05) is 11.6 Å². The molecular formula is C22H27N5O4. The Bertz CT molecular complexity index is 1130. The van der Waals surface area contributed by atoms with Gasteiger partial charge < -0.3 is 30.4 Å². The lowest BCUT2D eigenvalue weighted by Gasteiger charge is -2.26. The monoisotopic (exact) mass is 425 g/mol. The number of carboxylic acids is 1. The van der Waals surface area contributed by atoms with Crippen LogP contribution in [0.2, 0.25) is 0 Å². The molecule has 2 aromatic rings. The average molecular weight is 425 g/mol. The Morgan fingerprint density at radius 1 is 1.45 bits per heavy atom. The van der Waals surface area contributed by atoms with Crippen molar-refractivity contribution in [1.82, 2.24) is 9.88 Å². The number of nitrogens with zero attached hydrogens (tertiary/aromatic N) is 3. The van der Waals surface area contributed by atoms with Crippen molar-refractivity contribution in [2.75, 3.05) is 37.9 Å². The van der Waals surface area contributed by atoms with Crippen LogP contribution in [0, 0.1) is 17.2 Å². The number of pyridine rings is 1. The van der Waals surface area contributed by atoms with Crippen molar-refractivity contribution in [3.05, 3.63) is 28.0 Å². The van der Waals surface area contributed by atoms with Gasteiger partial charge in [-0.3, -0.25) is 4.79 Å². The van der Waals surface area contributed by atoms with Crippen LogP contribution in [-0.4, -0.2) is 48.9 Å². The molecule has 1 saturated heterocycles. The van der Waals surface area contributed by atoms with E-state index in [1.165, 1.54) is 6.20 Å². The molecule has 31 heavy (non-hydrogen) atoms. The van der Waals surface area contributed by atoms with Crippen molar-refractivity contribution in [1.29, 1.82) is 5.26 Å². The van der Waals surface area contributed by atoms with Crippen molar-refractivity contribution in [3.8, 4) is 11.8 Å². The Balaban J connectivity index is 1.86. The fourth-order valence-corrected chi connectivity index (χ4v) is 4.70. The maximum absolute atomic E-state index is 13.0. The predicted octanol–water partition coefficient (Wildman–Crippen LogP) is 1.95. The molecule has 9 nitrogen and oxygen atoms in total. The van der Waals surface area contributed by atoms with Crippen molar-refractivity contribution < 1.29 is 14.6 Å². The zero-order valence-electron chi connectivity index (χ0n) is 17.7. The van der Waals surface area contributed by atoms with E-state index < -0.39 is 11.4 Å². The number of aromatic nitrogens is 1. The van der Waals surface area contributed by atoms with Crippen LogP contribution in [0.5, 0.6) is 5.75 Å². The first kappa shape index (κ1) is 21.0. The quantitative estimate of drug-likeness (QED) is 0.573. The summed E-state index contributed by atoms with van der Waals surface area (Å²) in [6, 6.07) is 4.18. The minimum absolute atomic E-state index is 0.0987. The van der Waals surface area contributed by atoms with Gasteiger partial charge in [0.05, 0.1) is 36.2 Å². The highest BCUT2D eigenvalue weighted by atomic mass is 16.5. The second-order valence-electron chi connectivity index (χ2n) is 8.31. The molecule has 1 aromatic carbocycles. The first-order valence-corrected chi connectivity index (χ1v) is 10.5. The lowest BCUT2D eigenvalue weighted by molar-refractivity contribution is 0.0695. The Hall–Kier alpha value is -3.25. The SMILES string of the molecule is CNC(CC#N)C1CCN(c2cc(N)c3c(=O)c(C(=O)O)cn(C4CC4)c3c2OC)C1. The Morgan fingerprint density at radius 2 is 2.19 bits per heavy atom. The van der Waals surface area contributed by atoms with E-state index >= 15 is 0 Å². The number of rotatable bonds is 7. The van der Waals surface area contributed by atoms with Crippen molar-refractivity contribution >= 4 is 28.2 Å². The molecule has 164 valence electrons. The zero-order chi connectivity index (χ0) is 22.3. The topological polar surface area (TPSA) is 134 Å². The number of nitrogen functional groups attached to an aromatic ring is 1. The largest absolute Gasteiger partial charge is 0.492 e. The predicted molar refractivity (Wildman–Crippen MR) is 118 cm³/mol. The van der Waals surface area contributed by atoms with Gasteiger partial charge in [-0.1, -0.05) is 0 Å². The molecule has 0 spiro atoms. The first-order chi connectivity index (χ1) is 14.9. The zero-order valence-corrected chi connectivity index (χ0v) is 17.7. The molecule has 2 unspecified atom stereocenters. The number of hydrogen-bond donors (Lipinski definition) is 3. The van der Waals surface area contributed by atoms with Gasteiger partial charge in [-0.15, -0.1) is 0 Å². The second kappa shape index (κ2) is 8.12. The van der Waals surface area contributed by atoms with Crippen LogP contribution >= 0.6 is 0 Å². The third kappa shape index (κ3) is 3.57. The highest BCUT2D eigenvalue weighted by molar-refractivity contribution is 6.03. The molecule has 1 saturated carbocycles. The Kier molecular flexibility index (Phi) is 5.50. The number of nitrogens with one attached hydrogen (secondary N) is 1. The van der Waals surface area contributed by atoms with E-state index in [-0.39, 0.29) is 28.7 Å². The molecule has 1 aliphatic heterocycles. The van der Waals surface area contributed by atoms with Crippen LogP contribution in [0.3, 0.4) is 0 Å². The van der Waals surface area contributed by atoms with E-state index in [2.05, 4.69) is 16.3 Å². The summed E-state index contributed by atoms with van der Waals surface area (Å²) >= 11 is 0. The number of hydrogen-bond acceptors (Lipinski definition) is 7. The normalized spacial score (nSPS) is 19.4.